The zero-order chi connectivity index (χ0) is 19.2. The quantitative estimate of drug-likeness (QED) is 0.485. The van der Waals surface area contributed by atoms with E-state index in [1.807, 2.05) is 17.5 Å². The average Bonchev–Trinajstić information content (AvgIpc) is 3.16. The van der Waals surface area contributed by atoms with Crippen LogP contribution in [0.5, 0.6) is 0 Å². The summed E-state index contributed by atoms with van der Waals surface area (Å²) < 4.78 is 0.809. The standard InChI is InChI=1S/C19H14BrN3O2S2/c20-13-5-1-4-12(10-13)17(24)23-19(26)22-15-7-2-6-14(11-15)21-18(25)16-8-3-9-27-16/h1-11H,(H,21,25)(H2,22,23,24,26). The van der Waals surface area contributed by atoms with Gasteiger partial charge in [-0.3, -0.25) is 14.9 Å². The third kappa shape index (κ3) is 5.46. The zero-order valence-corrected chi connectivity index (χ0v) is 17.1. The summed E-state index contributed by atoms with van der Waals surface area (Å²) in [7, 11) is 0. The van der Waals surface area contributed by atoms with E-state index in [2.05, 4.69) is 31.9 Å². The van der Waals surface area contributed by atoms with Gasteiger partial charge in [-0.1, -0.05) is 34.1 Å². The predicted molar refractivity (Wildman–Crippen MR) is 117 cm³/mol. The summed E-state index contributed by atoms with van der Waals surface area (Å²) in [6.45, 7) is 0. The number of hydrogen-bond donors (Lipinski definition) is 3. The monoisotopic (exact) mass is 459 g/mol. The van der Waals surface area contributed by atoms with Crippen LogP contribution in [-0.4, -0.2) is 16.9 Å². The summed E-state index contributed by atoms with van der Waals surface area (Å²) in [5, 5.41) is 10.4. The Morgan fingerprint density at radius 3 is 2.33 bits per heavy atom. The Labute approximate surface area is 173 Å². The summed E-state index contributed by atoms with van der Waals surface area (Å²) in [5.41, 5.74) is 1.77. The average molecular weight is 460 g/mol. The molecule has 0 fully saturated rings. The Balaban J connectivity index is 1.61. The number of thiocarbonyl (C=S) groups is 1. The van der Waals surface area contributed by atoms with E-state index in [1.165, 1.54) is 11.3 Å². The molecule has 0 unspecified atom stereocenters. The topological polar surface area (TPSA) is 70.2 Å². The highest BCUT2D eigenvalue weighted by molar-refractivity contribution is 9.10. The lowest BCUT2D eigenvalue weighted by Crippen LogP contribution is -2.34. The number of carbonyl (C=O) groups is 2. The van der Waals surface area contributed by atoms with Crippen molar-refractivity contribution in [3.63, 3.8) is 0 Å². The Bertz CT molecular complexity index is 990. The molecule has 2 aromatic carbocycles. The zero-order valence-electron chi connectivity index (χ0n) is 13.9. The molecule has 8 heteroatoms. The fourth-order valence-corrected chi connectivity index (χ4v) is 3.47. The molecule has 3 aromatic rings. The van der Waals surface area contributed by atoms with Gasteiger partial charge < -0.3 is 10.6 Å². The second-order valence-corrected chi connectivity index (χ2v) is 7.70. The Morgan fingerprint density at radius 2 is 1.63 bits per heavy atom. The summed E-state index contributed by atoms with van der Waals surface area (Å²) in [5.74, 6) is -0.483. The molecule has 5 nitrogen and oxygen atoms in total. The van der Waals surface area contributed by atoms with Crippen molar-refractivity contribution in [1.29, 1.82) is 0 Å². The first-order valence-electron chi connectivity index (χ1n) is 7.84. The predicted octanol–water partition coefficient (Wildman–Crippen LogP) is 4.89. The van der Waals surface area contributed by atoms with Gasteiger partial charge in [-0.15, -0.1) is 11.3 Å². The number of nitrogens with one attached hydrogen (secondary N) is 3. The van der Waals surface area contributed by atoms with Crippen LogP contribution in [0.1, 0.15) is 20.0 Å². The summed E-state index contributed by atoms with van der Waals surface area (Å²) in [6, 6.07) is 17.7. The Kier molecular flexibility index (Phi) is 6.33. The van der Waals surface area contributed by atoms with Gasteiger partial charge in [-0.05, 0) is 60.1 Å². The molecule has 1 heterocycles. The van der Waals surface area contributed by atoms with E-state index >= 15 is 0 Å². The van der Waals surface area contributed by atoms with Crippen molar-refractivity contribution in [2.45, 2.75) is 0 Å². The van der Waals surface area contributed by atoms with Crippen molar-refractivity contribution in [3.8, 4) is 0 Å². The summed E-state index contributed by atoms with van der Waals surface area (Å²) in [6.07, 6.45) is 0. The lowest BCUT2D eigenvalue weighted by Gasteiger charge is -2.11. The number of halogens is 1. The number of carbonyl (C=O) groups excluding carboxylic acids is 2. The van der Waals surface area contributed by atoms with Crippen LogP contribution in [0.3, 0.4) is 0 Å². The van der Waals surface area contributed by atoms with Crippen LogP contribution in [0.25, 0.3) is 0 Å². The van der Waals surface area contributed by atoms with Gasteiger partial charge in [-0.2, -0.15) is 0 Å². The Morgan fingerprint density at radius 1 is 0.889 bits per heavy atom. The highest BCUT2D eigenvalue weighted by Crippen LogP contribution is 2.18. The number of benzene rings is 2. The van der Waals surface area contributed by atoms with Gasteiger partial charge in [-0.25, -0.2) is 0 Å². The van der Waals surface area contributed by atoms with Crippen molar-refractivity contribution in [3.05, 3.63) is 81.0 Å². The summed E-state index contributed by atoms with van der Waals surface area (Å²) in [4.78, 5) is 25.0. The van der Waals surface area contributed by atoms with E-state index in [4.69, 9.17) is 12.2 Å². The molecule has 0 aliphatic rings. The van der Waals surface area contributed by atoms with Gasteiger partial charge in [0.05, 0.1) is 4.88 Å². The number of anilines is 2. The van der Waals surface area contributed by atoms with Crippen LogP contribution in [0.15, 0.2) is 70.5 Å². The van der Waals surface area contributed by atoms with E-state index < -0.39 is 0 Å². The third-order valence-electron chi connectivity index (χ3n) is 3.44. The van der Waals surface area contributed by atoms with E-state index in [0.29, 0.717) is 21.8 Å². The van der Waals surface area contributed by atoms with Gasteiger partial charge in [0.2, 0.25) is 0 Å². The second kappa shape index (κ2) is 8.90. The molecular weight excluding hydrogens is 446 g/mol. The van der Waals surface area contributed by atoms with Crippen LogP contribution in [-0.2, 0) is 0 Å². The van der Waals surface area contributed by atoms with E-state index in [9.17, 15) is 9.59 Å². The first-order chi connectivity index (χ1) is 13.0. The minimum Gasteiger partial charge on any atom is -0.332 e. The molecule has 0 radical (unpaired) electrons. The van der Waals surface area contributed by atoms with Crippen LogP contribution < -0.4 is 16.0 Å². The molecule has 1 aromatic heterocycles. The molecule has 136 valence electrons. The second-order valence-electron chi connectivity index (χ2n) is 5.43. The first kappa shape index (κ1) is 19.2. The van der Waals surface area contributed by atoms with Crippen molar-refractivity contribution in [2.75, 3.05) is 10.6 Å². The molecule has 2 amide bonds. The lowest BCUT2D eigenvalue weighted by molar-refractivity contribution is 0.0976. The molecule has 0 saturated heterocycles. The normalized spacial score (nSPS) is 10.1. The number of rotatable bonds is 4. The van der Waals surface area contributed by atoms with Crippen molar-refractivity contribution in [2.24, 2.45) is 0 Å². The van der Waals surface area contributed by atoms with Crippen molar-refractivity contribution >= 4 is 67.8 Å². The van der Waals surface area contributed by atoms with Gasteiger partial charge >= 0.3 is 0 Å². The molecule has 0 bridgehead atoms. The van der Waals surface area contributed by atoms with Gasteiger partial charge in [0.1, 0.15) is 0 Å². The molecule has 3 N–H and O–H groups in total. The molecule has 0 saturated carbocycles. The number of amides is 2. The third-order valence-corrected chi connectivity index (χ3v) is 5.00. The molecule has 0 aliphatic heterocycles. The van der Waals surface area contributed by atoms with Crippen LogP contribution >= 0.6 is 39.5 Å². The first-order valence-corrected chi connectivity index (χ1v) is 9.92. The number of thiophene rings is 1. The van der Waals surface area contributed by atoms with E-state index in [1.54, 1.807) is 48.5 Å². The van der Waals surface area contributed by atoms with Crippen LogP contribution in [0, 0.1) is 0 Å². The molecule has 3 rings (SSSR count). The maximum absolute atomic E-state index is 12.2. The van der Waals surface area contributed by atoms with Gasteiger partial charge in [0, 0.05) is 21.4 Å². The van der Waals surface area contributed by atoms with Gasteiger partial charge in [0.15, 0.2) is 5.11 Å². The minimum atomic E-state index is -0.309. The lowest BCUT2D eigenvalue weighted by atomic mass is 10.2. The highest BCUT2D eigenvalue weighted by atomic mass is 79.9. The largest absolute Gasteiger partial charge is 0.332 e. The fourth-order valence-electron chi connectivity index (χ4n) is 2.24. The van der Waals surface area contributed by atoms with Crippen molar-refractivity contribution in [1.82, 2.24) is 5.32 Å². The molecule has 0 spiro atoms. The maximum Gasteiger partial charge on any atom is 0.265 e. The van der Waals surface area contributed by atoms with Crippen molar-refractivity contribution < 1.29 is 9.59 Å². The number of hydrogen-bond acceptors (Lipinski definition) is 4. The Hall–Kier alpha value is -2.55. The SMILES string of the molecule is O=C(NC(=S)Nc1cccc(NC(=O)c2cccs2)c1)c1cccc(Br)c1. The van der Waals surface area contributed by atoms with Crippen LogP contribution in [0.2, 0.25) is 0 Å². The minimum absolute atomic E-state index is 0.168. The molecule has 27 heavy (non-hydrogen) atoms. The van der Waals surface area contributed by atoms with E-state index in [0.717, 1.165) is 4.47 Å². The summed E-state index contributed by atoms with van der Waals surface area (Å²) >= 11 is 9.90. The van der Waals surface area contributed by atoms with Gasteiger partial charge in [0.25, 0.3) is 11.8 Å². The van der Waals surface area contributed by atoms with Crippen LogP contribution in [0.4, 0.5) is 11.4 Å². The van der Waals surface area contributed by atoms with E-state index in [-0.39, 0.29) is 16.9 Å². The fraction of sp³-hybridized carbons (Fsp3) is 0. The maximum atomic E-state index is 12.2. The highest BCUT2D eigenvalue weighted by Gasteiger charge is 2.10. The molecule has 0 atom stereocenters. The molecule has 0 aliphatic carbocycles. The smallest absolute Gasteiger partial charge is 0.265 e. The molecular formula is C19H14BrN3O2S2.